The Morgan fingerprint density at radius 2 is 1.80 bits per heavy atom. The molecule has 0 aromatic heterocycles. The Hall–Kier alpha value is -1.10. The molecule has 0 amide bonds. The number of carbonyl (C=O) groups is 1. The zero-order valence-electron chi connectivity index (χ0n) is 8.25. The van der Waals surface area contributed by atoms with Crippen molar-refractivity contribution in [3.63, 3.8) is 0 Å². The highest BCUT2D eigenvalue weighted by atomic mass is 35.5. The molecule has 0 fully saturated rings. The second-order valence-corrected chi connectivity index (χ2v) is 3.19. The third kappa shape index (κ3) is 3.51. The van der Waals surface area contributed by atoms with Gasteiger partial charge in [-0.1, -0.05) is 12.1 Å². The predicted octanol–water partition coefficient (Wildman–Crippen LogP) is 1.19. The smallest absolute Gasteiger partial charge is 0.335 e. The van der Waals surface area contributed by atoms with Crippen LogP contribution in [0.25, 0.3) is 0 Å². The third-order valence-electron chi connectivity index (χ3n) is 2.06. The number of carboxylic acid groups (broad SMARTS) is 1. The fourth-order valence-electron chi connectivity index (χ4n) is 1.13. The summed E-state index contributed by atoms with van der Waals surface area (Å²) in [5.41, 5.74) is 6.61. The number of halogens is 1. The molecule has 4 N–H and O–H groups in total. The molecule has 0 unspecified atom stereocenters. The van der Waals surface area contributed by atoms with Crippen LogP contribution in [0.1, 0.15) is 28.9 Å². The van der Waals surface area contributed by atoms with Crippen molar-refractivity contribution >= 4 is 18.4 Å². The summed E-state index contributed by atoms with van der Waals surface area (Å²) in [5, 5.41) is 17.9. The highest BCUT2D eigenvalue weighted by Gasteiger charge is 2.12. The lowest BCUT2D eigenvalue weighted by Gasteiger charge is -2.14. The van der Waals surface area contributed by atoms with Gasteiger partial charge in [-0.2, -0.15) is 0 Å². The number of benzene rings is 1. The van der Waals surface area contributed by atoms with Gasteiger partial charge in [0.15, 0.2) is 0 Å². The van der Waals surface area contributed by atoms with Crippen molar-refractivity contribution in [3.8, 4) is 0 Å². The molecule has 84 valence electrons. The van der Waals surface area contributed by atoms with E-state index < -0.39 is 18.1 Å². The summed E-state index contributed by atoms with van der Waals surface area (Å²) in [6.07, 6.45) is -0.648. The minimum Gasteiger partial charge on any atom is -0.478 e. The molecule has 0 radical (unpaired) electrons. The summed E-state index contributed by atoms with van der Waals surface area (Å²) in [5.74, 6) is -0.970. The Morgan fingerprint density at radius 1 is 1.33 bits per heavy atom. The molecule has 15 heavy (non-hydrogen) atoms. The molecule has 1 aromatic carbocycles. The maximum atomic E-state index is 10.5. The van der Waals surface area contributed by atoms with Crippen molar-refractivity contribution in [1.29, 1.82) is 0 Å². The first-order chi connectivity index (χ1) is 6.52. The first-order valence-corrected chi connectivity index (χ1v) is 4.29. The zero-order chi connectivity index (χ0) is 10.7. The molecule has 1 rings (SSSR count). The number of aliphatic hydroxyl groups is 1. The standard InChI is InChI=1S/C10H13NO3.ClH/c1-6(12)9(11)7-2-4-8(5-3-7)10(13)14;/h2-6,9,12H,11H2,1H3,(H,13,14);1H/t6-,9-;/m0./s1. The van der Waals surface area contributed by atoms with Crippen LogP contribution in [-0.2, 0) is 0 Å². The Labute approximate surface area is 94.1 Å². The summed E-state index contributed by atoms with van der Waals surface area (Å²) in [6, 6.07) is 5.69. The van der Waals surface area contributed by atoms with Crippen LogP contribution >= 0.6 is 12.4 Å². The van der Waals surface area contributed by atoms with E-state index in [9.17, 15) is 9.90 Å². The van der Waals surface area contributed by atoms with E-state index in [4.69, 9.17) is 10.8 Å². The summed E-state index contributed by atoms with van der Waals surface area (Å²) < 4.78 is 0. The number of hydrogen-bond donors (Lipinski definition) is 3. The van der Waals surface area contributed by atoms with E-state index in [0.717, 1.165) is 5.56 Å². The molecule has 2 atom stereocenters. The minimum absolute atomic E-state index is 0. The summed E-state index contributed by atoms with van der Waals surface area (Å²) >= 11 is 0. The second-order valence-electron chi connectivity index (χ2n) is 3.19. The highest BCUT2D eigenvalue weighted by Crippen LogP contribution is 2.14. The lowest BCUT2D eigenvalue weighted by molar-refractivity contribution is 0.0697. The highest BCUT2D eigenvalue weighted by molar-refractivity contribution is 5.87. The molecule has 0 saturated carbocycles. The van der Waals surface area contributed by atoms with Gasteiger partial charge in [0, 0.05) is 0 Å². The van der Waals surface area contributed by atoms with Crippen molar-refractivity contribution in [2.75, 3.05) is 0 Å². The van der Waals surface area contributed by atoms with Gasteiger partial charge in [-0.05, 0) is 24.6 Å². The average molecular weight is 232 g/mol. The average Bonchev–Trinajstić information content (AvgIpc) is 2.16. The van der Waals surface area contributed by atoms with Crippen molar-refractivity contribution in [2.45, 2.75) is 19.1 Å². The molecule has 0 saturated heterocycles. The van der Waals surface area contributed by atoms with E-state index >= 15 is 0 Å². The molecule has 0 aliphatic carbocycles. The van der Waals surface area contributed by atoms with Crippen LogP contribution in [-0.4, -0.2) is 22.3 Å². The van der Waals surface area contributed by atoms with Crippen molar-refractivity contribution in [1.82, 2.24) is 0 Å². The Morgan fingerprint density at radius 3 is 2.13 bits per heavy atom. The Kier molecular flexibility index (Phi) is 5.28. The third-order valence-corrected chi connectivity index (χ3v) is 2.06. The fourth-order valence-corrected chi connectivity index (χ4v) is 1.13. The van der Waals surface area contributed by atoms with E-state index in [1.807, 2.05) is 0 Å². The van der Waals surface area contributed by atoms with E-state index in [2.05, 4.69) is 0 Å². The van der Waals surface area contributed by atoms with Gasteiger partial charge >= 0.3 is 5.97 Å². The van der Waals surface area contributed by atoms with Crippen LogP contribution in [0, 0.1) is 0 Å². The maximum absolute atomic E-state index is 10.5. The topological polar surface area (TPSA) is 83.5 Å². The normalized spacial score (nSPS) is 13.8. The summed E-state index contributed by atoms with van der Waals surface area (Å²) in [7, 11) is 0. The molecule has 0 heterocycles. The van der Waals surface area contributed by atoms with Crippen LogP contribution in [0.3, 0.4) is 0 Å². The molecule has 0 aliphatic rings. The van der Waals surface area contributed by atoms with Crippen molar-refractivity contribution < 1.29 is 15.0 Å². The van der Waals surface area contributed by atoms with Crippen LogP contribution in [0.15, 0.2) is 24.3 Å². The second kappa shape index (κ2) is 5.70. The first kappa shape index (κ1) is 13.9. The lowest BCUT2D eigenvalue weighted by atomic mass is 10.0. The Balaban J connectivity index is 0.00000196. The quantitative estimate of drug-likeness (QED) is 0.730. The summed E-state index contributed by atoms with van der Waals surface area (Å²) in [6.45, 7) is 1.59. The molecule has 0 aliphatic heterocycles. The molecule has 1 aromatic rings. The molecule has 4 nitrogen and oxygen atoms in total. The van der Waals surface area contributed by atoms with Gasteiger partial charge in [-0.3, -0.25) is 0 Å². The Bertz CT molecular complexity index is 324. The minimum atomic E-state index is -0.970. The predicted molar refractivity (Wildman–Crippen MR) is 59.3 cm³/mol. The van der Waals surface area contributed by atoms with Crippen LogP contribution in [0.2, 0.25) is 0 Å². The van der Waals surface area contributed by atoms with Crippen molar-refractivity contribution in [3.05, 3.63) is 35.4 Å². The van der Waals surface area contributed by atoms with E-state index in [1.54, 1.807) is 19.1 Å². The number of carboxylic acids is 1. The van der Waals surface area contributed by atoms with Crippen LogP contribution < -0.4 is 5.73 Å². The number of aromatic carboxylic acids is 1. The number of nitrogens with two attached hydrogens (primary N) is 1. The summed E-state index contributed by atoms with van der Waals surface area (Å²) in [4.78, 5) is 10.5. The maximum Gasteiger partial charge on any atom is 0.335 e. The van der Waals surface area contributed by atoms with Gasteiger partial charge in [-0.15, -0.1) is 12.4 Å². The molecule has 0 bridgehead atoms. The van der Waals surface area contributed by atoms with Gasteiger partial charge in [0.05, 0.1) is 17.7 Å². The van der Waals surface area contributed by atoms with Gasteiger partial charge < -0.3 is 15.9 Å². The SMILES string of the molecule is C[C@H](O)[C@H](N)c1ccc(C(=O)O)cc1.Cl. The first-order valence-electron chi connectivity index (χ1n) is 4.29. The van der Waals surface area contributed by atoms with Gasteiger partial charge in [0.1, 0.15) is 0 Å². The molecular weight excluding hydrogens is 218 g/mol. The molecular formula is C10H14ClNO3. The molecule has 0 spiro atoms. The molecule has 5 heteroatoms. The number of hydrogen-bond acceptors (Lipinski definition) is 3. The van der Waals surface area contributed by atoms with Gasteiger partial charge in [0.25, 0.3) is 0 Å². The largest absolute Gasteiger partial charge is 0.478 e. The van der Waals surface area contributed by atoms with E-state index in [1.165, 1.54) is 12.1 Å². The van der Waals surface area contributed by atoms with E-state index in [-0.39, 0.29) is 18.0 Å². The zero-order valence-corrected chi connectivity index (χ0v) is 9.07. The monoisotopic (exact) mass is 231 g/mol. The van der Waals surface area contributed by atoms with Gasteiger partial charge in [-0.25, -0.2) is 4.79 Å². The number of aliphatic hydroxyl groups excluding tert-OH is 1. The van der Waals surface area contributed by atoms with Crippen LogP contribution in [0.4, 0.5) is 0 Å². The van der Waals surface area contributed by atoms with Gasteiger partial charge in [0.2, 0.25) is 0 Å². The lowest BCUT2D eigenvalue weighted by Crippen LogP contribution is -2.23. The van der Waals surface area contributed by atoms with Crippen molar-refractivity contribution in [2.24, 2.45) is 5.73 Å². The van der Waals surface area contributed by atoms with Crippen LogP contribution in [0.5, 0.6) is 0 Å². The number of rotatable bonds is 3. The van der Waals surface area contributed by atoms with E-state index in [0.29, 0.717) is 0 Å². The fraction of sp³-hybridized carbons (Fsp3) is 0.300.